The van der Waals surface area contributed by atoms with Crippen LogP contribution in [-0.4, -0.2) is 73.4 Å². The Hall–Kier alpha value is -3.44. The Labute approximate surface area is 274 Å². The zero-order chi connectivity index (χ0) is 34.9. The highest BCUT2D eigenvalue weighted by Gasteiger charge is 2.26. The molecule has 0 aliphatic rings. The van der Waals surface area contributed by atoms with Crippen LogP contribution >= 0.6 is 0 Å². The molecule has 0 aliphatic heterocycles. The van der Waals surface area contributed by atoms with Crippen molar-refractivity contribution in [2.24, 2.45) is 5.92 Å². The molecule has 0 bridgehead atoms. The summed E-state index contributed by atoms with van der Waals surface area (Å²) < 4.78 is 32.1. The van der Waals surface area contributed by atoms with Gasteiger partial charge in [0, 0.05) is 54.4 Å². The molecular weight excluding hydrogens is 600 g/mol. The molecule has 0 amide bonds. The molecule has 0 rings (SSSR count). The molecule has 12 nitrogen and oxygen atoms in total. The molecular formula is C34H56O12. The molecule has 0 aromatic rings. The van der Waals surface area contributed by atoms with E-state index in [4.69, 9.17) is 28.4 Å². The summed E-state index contributed by atoms with van der Waals surface area (Å²) in [6.07, 6.45) is 8.87. The molecule has 0 radical (unpaired) electrons. The van der Waals surface area contributed by atoms with Crippen LogP contribution in [0.5, 0.6) is 0 Å². The van der Waals surface area contributed by atoms with E-state index in [2.05, 4.69) is 0 Å². The van der Waals surface area contributed by atoms with Gasteiger partial charge in [0.2, 0.25) is 0 Å². The normalized spacial score (nSPS) is 14.3. The molecule has 12 heteroatoms. The summed E-state index contributed by atoms with van der Waals surface area (Å²) in [5.41, 5.74) is 0. The fourth-order valence-corrected chi connectivity index (χ4v) is 4.96. The first kappa shape index (κ1) is 42.6. The van der Waals surface area contributed by atoms with Crippen molar-refractivity contribution in [1.29, 1.82) is 0 Å². The number of ether oxygens (including phenoxy) is 6. The van der Waals surface area contributed by atoms with E-state index in [1.54, 1.807) is 0 Å². The number of esters is 6. The number of allylic oxidation sites excluding steroid dienone is 2. The lowest BCUT2D eigenvalue weighted by Gasteiger charge is -2.27. The highest BCUT2D eigenvalue weighted by molar-refractivity contribution is 5.67. The minimum Gasteiger partial charge on any atom is -0.466 e. The van der Waals surface area contributed by atoms with E-state index >= 15 is 0 Å². The smallest absolute Gasteiger partial charge is 0.302 e. The van der Waals surface area contributed by atoms with Gasteiger partial charge in [-0.1, -0.05) is 19.1 Å². The van der Waals surface area contributed by atoms with Crippen LogP contribution in [0.3, 0.4) is 0 Å². The van der Waals surface area contributed by atoms with Crippen molar-refractivity contribution < 1.29 is 57.2 Å². The van der Waals surface area contributed by atoms with Gasteiger partial charge < -0.3 is 28.4 Å². The van der Waals surface area contributed by atoms with Gasteiger partial charge in [0.25, 0.3) is 0 Å². The summed E-state index contributed by atoms with van der Waals surface area (Å²) in [4.78, 5) is 69.2. The molecule has 0 saturated heterocycles. The van der Waals surface area contributed by atoms with Crippen LogP contribution < -0.4 is 0 Å². The lowest BCUT2D eigenvalue weighted by Crippen LogP contribution is -2.31. The molecule has 0 fully saturated rings. The summed E-state index contributed by atoms with van der Waals surface area (Å²) in [6, 6.07) is 0. The van der Waals surface area contributed by atoms with Gasteiger partial charge in [-0.15, -0.1) is 0 Å². The summed E-state index contributed by atoms with van der Waals surface area (Å²) >= 11 is 0. The molecule has 0 N–H and O–H groups in total. The third-order valence-electron chi connectivity index (χ3n) is 6.91. The van der Waals surface area contributed by atoms with Crippen molar-refractivity contribution in [1.82, 2.24) is 0 Å². The van der Waals surface area contributed by atoms with Crippen molar-refractivity contribution in [3.8, 4) is 0 Å². The summed E-state index contributed by atoms with van der Waals surface area (Å²) in [6.45, 7) is 10.7. The van der Waals surface area contributed by atoms with E-state index in [0.717, 1.165) is 6.42 Å². The van der Waals surface area contributed by atoms with E-state index in [1.165, 1.54) is 41.5 Å². The highest BCUT2D eigenvalue weighted by Crippen LogP contribution is 2.22. The second-order valence-corrected chi connectivity index (χ2v) is 11.6. The van der Waals surface area contributed by atoms with Gasteiger partial charge in [-0.2, -0.15) is 0 Å². The predicted molar refractivity (Wildman–Crippen MR) is 169 cm³/mol. The SMILES string of the molecule is CC(=O)OCCCCC(CCCCC(CC(CC(CC/C=C/C(C)CCOC(C)=O)OC(C)=O)OC(C)=O)OC(C)=O)OC(C)=O. The van der Waals surface area contributed by atoms with E-state index in [-0.39, 0.29) is 42.8 Å². The van der Waals surface area contributed by atoms with Crippen molar-refractivity contribution in [2.45, 2.75) is 150 Å². The quantitative estimate of drug-likeness (QED) is 0.0511. The van der Waals surface area contributed by atoms with Gasteiger partial charge in [0.05, 0.1) is 13.2 Å². The second kappa shape index (κ2) is 25.7. The number of hydrogen-bond acceptors (Lipinski definition) is 12. The van der Waals surface area contributed by atoms with Gasteiger partial charge in [-0.3, -0.25) is 28.8 Å². The average molecular weight is 657 g/mol. The molecule has 0 heterocycles. The molecule has 5 unspecified atom stereocenters. The van der Waals surface area contributed by atoms with Crippen LogP contribution in [0, 0.1) is 5.92 Å². The standard InChI is InChI=1S/C34H56O12/c1-24(19-21-42-26(3)36)14-8-9-17-32(44-28(5)38)22-34(46-30(7)40)23-33(45-29(6)39)18-11-10-15-31(43-27(4)37)16-12-13-20-41-25(2)35/h8,14,24,31-34H,9-13,15-23H2,1-7H3/b14-8+. The lowest BCUT2D eigenvalue weighted by atomic mass is 9.97. The first-order valence-electron chi connectivity index (χ1n) is 16.3. The van der Waals surface area contributed by atoms with Gasteiger partial charge in [-0.05, 0) is 70.1 Å². The molecule has 264 valence electrons. The summed E-state index contributed by atoms with van der Waals surface area (Å²) in [5, 5.41) is 0. The number of carbonyl (C=O) groups excluding carboxylic acids is 6. The Kier molecular flexibility index (Phi) is 23.8. The third kappa shape index (κ3) is 26.9. The summed E-state index contributed by atoms with van der Waals surface area (Å²) in [5.74, 6) is -2.21. The van der Waals surface area contributed by atoms with Gasteiger partial charge in [0.15, 0.2) is 0 Å². The molecule has 0 aromatic heterocycles. The van der Waals surface area contributed by atoms with E-state index < -0.39 is 36.2 Å². The molecule has 0 aliphatic carbocycles. The Morgan fingerprint density at radius 3 is 1.39 bits per heavy atom. The maximum Gasteiger partial charge on any atom is 0.302 e. The average Bonchev–Trinajstić information content (AvgIpc) is 2.91. The number of hydrogen-bond donors (Lipinski definition) is 0. The molecule has 46 heavy (non-hydrogen) atoms. The van der Waals surface area contributed by atoms with Crippen LogP contribution in [0.25, 0.3) is 0 Å². The number of rotatable bonds is 25. The first-order valence-corrected chi connectivity index (χ1v) is 16.3. The van der Waals surface area contributed by atoms with Crippen molar-refractivity contribution in [3.63, 3.8) is 0 Å². The van der Waals surface area contributed by atoms with Crippen molar-refractivity contribution >= 4 is 35.8 Å². The molecule has 0 aromatic carbocycles. The Morgan fingerprint density at radius 1 is 0.478 bits per heavy atom. The highest BCUT2D eigenvalue weighted by atomic mass is 16.6. The van der Waals surface area contributed by atoms with Gasteiger partial charge in [0.1, 0.15) is 24.4 Å². The maximum absolute atomic E-state index is 12.0. The van der Waals surface area contributed by atoms with Gasteiger partial charge >= 0.3 is 35.8 Å². The van der Waals surface area contributed by atoms with Crippen molar-refractivity contribution in [2.75, 3.05) is 13.2 Å². The van der Waals surface area contributed by atoms with Crippen LogP contribution in [0.15, 0.2) is 12.2 Å². The zero-order valence-electron chi connectivity index (χ0n) is 28.8. The lowest BCUT2D eigenvalue weighted by molar-refractivity contribution is -0.157. The fraction of sp³-hybridized carbons (Fsp3) is 0.765. The number of unbranched alkanes of at least 4 members (excludes halogenated alkanes) is 2. The monoisotopic (exact) mass is 656 g/mol. The third-order valence-corrected chi connectivity index (χ3v) is 6.91. The summed E-state index contributed by atoms with van der Waals surface area (Å²) in [7, 11) is 0. The van der Waals surface area contributed by atoms with Crippen LogP contribution in [0.1, 0.15) is 126 Å². The van der Waals surface area contributed by atoms with E-state index in [1.807, 2.05) is 19.1 Å². The van der Waals surface area contributed by atoms with Crippen LogP contribution in [0.4, 0.5) is 0 Å². The zero-order valence-corrected chi connectivity index (χ0v) is 28.8. The minimum atomic E-state index is -0.649. The largest absolute Gasteiger partial charge is 0.466 e. The minimum absolute atomic E-state index is 0.196. The second-order valence-electron chi connectivity index (χ2n) is 11.6. The van der Waals surface area contributed by atoms with Crippen molar-refractivity contribution in [3.05, 3.63) is 12.2 Å². The molecule has 5 atom stereocenters. The van der Waals surface area contributed by atoms with E-state index in [0.29, 0.717) is 71.0 Å². The van der Waals surface area contributed by atoms with E-state index in [9.17, 15) is 28.8 Å². The Balaban J connectivity index is 5.18. The Bertz CT molecular complexity index is 960. The van der Waals surface area contributed by atoms with Crippen LogP contribution in [-0.2, 0) is 57.2 Å². The van der Waals surface area contributed by atoms with Crippen LogP contribution in [0.2, 0.25) is 0 Å². The Morgan fingerprint density at radius 2 is 0.891 bits per heavy atom. The number of carbonyl (C=O) groups is 6. The molecule has 0 saturated carbocycles. The molecule has 0 spiro atoms. The maximum atomic E-state index is 12.0. The van der Waals surface area contributed by atoms with Gasteiger partial charge in [-0.25, -0.2) is 0 Å². The topological polar surface area (TPSA) is 158 Å². The first-order chi connectivity index (χ1) is 21.7. The fourth-order valence-electron chi connectivity index (χ4n) is 4.96. The predicted octanol–water partition coefficient (Wildman–Crippen LogP) is 5.71.